The van der Waals surface area contributed by atoms with Crippen LogP contribution in [0.3, 0.4) is 0 Å². The first-order valence-electron chi connectivity index (χ1n) is 5.80. The normalized spacial score (nSPS) is 11.1. The van der Waals surface area contributed by atoms with Gasteiger partial charge in [-0.05, 0) is 32.9 Å². The SMILES string of the molecule is CC(C)(C)OC(=O)Nc1csc(-c2ccncc2)n1. The Kier molecular flexibility index (Phi) is 3.80. The molecular formula is C13H15N3O2S. The Balaban J connectivity index is 2.04. The first-order chi connectivity index (χ1) is 8.94. The van der Waals surface area contributed by atoms with Gasteiger partial charge in [-0.2, -0.15) is 0 Å². The summed E-state index contributed by atoms with van der Waals surface area (Å²) in [5.41, 5.74) is 0.450. The lowest BCUT2D eigenvalue weighted by molar-refractivity contribution is 0.0635. The number of hydrogen-bond donors (Lipinski definition) is 1. The van der Waals surface area contributed by atoms with Crippen LogP contribution >= 0.6 is 11.3 Å². The molecule has 19 heavy (non-hydrogen) atoms. The molecule has 5 nitrogen and oxygen atoms in total. The number of anilines is 1. The molecule has 0 unspecified atom stereocenters. The van der Waals surface area contributed by atoms with Crippen molar-refractivity contribution in [3.05, 3.63) is 29.9 Å². The maximum atomic E-state index is 11.6. The molecular weight excluding hydrogens is 262 g/mol. The number of aromatic nitrogens is 2. The molecule has 0 aliphatic rings. The predicted molar refractivity (Wildman–Crippen MR) is 75.2 cm³/mol. The smallest absolute Gasteiger partial charge is 0.413 e. The van der Waals surface area contributed by atoms with Gasteiger partial charge >= 0.3 is 6.09 Å². The van der Waals surface area contributed by atoms with E-state index in [1.54, 1.807) is 17.8 Å². The number of thiazole rings is 1. The molecule has 0 fully saturated rings. The van der Waals surface area contributed by atoms with Crippen molar-refractivity contribution in [2.24, 2.45) is 0 Å². The Bertz CT molecular complexity index is 561. The number of nitrogens with one attached hydrogen (secondary N) is 1. The van der Waals surface area contributed by atoms with Gasteiger partial charge in [0.1, 0.15) is 16.4 Å². The van der Waals surface area contributed by atoms with Crippen molar-refractivity contribution in [1.82, 2.24) is 9.97 Å². The summed E-state index contributed by atoms with van der Waals surface area (Å²) in [4.78, 5) is 19.9. The fraction of sp³-hybridized carbons (Fsp3) is 0.308. The average molecular weight is 277 g/mol. The number of carbonyl (C=O) groups excluding carboxylic acids is 1. The van der Waals surface area contributed by atoms with Crippen molar-refractivity contribution in [3.63, 3.8) is 0 Å². The highest BCUT2D eigenvalue weighted by atomic mass is 32.1. The van der Waals surface area contributed by atoms with Gasteiger partial charge in [-0.25, -0.2) is 9.78 Å². The summed E-state index contributed by atoms with van der Waals surface area (Å²) in [5.74, 6) is 0.492. The molecule has 1 amide bonds. The quantitative estimate of drug-likeness (QED) is 0.911. The van der Waals surface area contributed by atoms with Crippen LogP contribution in [0.4, 0.5) is 10.6 Å². The van der Waals surface area contributed by atoms with Gasteiger partial charge in [0.25, 0.3) is 0 Å². The van der Waals surface area contributed by atoms with Crippen molar-refractivity contribution in [3.8, 4) is 10.6 Å². The number of nitrogens with zero attached hydrogens (tertiary/aromatic N) is 2. The molecule has 6 heteroatoms. The summed E-state index contributed by atoms with van der Waals surface area (Å²) in [6, 6.07) is 3.74. The molecule has 2 heterocycles. The first-order valence-corrected chi connectivity index (χ1v) is 6.68. The van der Waals surface area contributed by atoms with Crippen LogP contribution in [0.25, 0.3) is 10.6 Å². The first kappa shape index (κ1) is 13.5. The number of amides is 1. The molecule has 2 aromatic heterocycles. The highest BCUT2D eigenvalue weighted by molar-refractivity contribution is 7.13. The second-order valence-corrected chi connectivity index (χ2v) is 5.76. The molecule has 0 aliphatic heterocycles. The molecule has 100 valence electrons. The standard InChI is InChI=1S/C13H15N3O2S/c1-13(2,3)18-12(17)16-10-8-19-11(15-10)9-4-6-14-7-5-9/h4-8H,1-3H3,(H,16,17). The Morgan fingerprint density at radius 3 is 2.63 bits per heavy atom. The van der Waals surface area contributed by atoms with Gasteiger partial charge in [-0.3, -0.25) is 10.3 Å². The third-order valence-electron chi connectivity index (χ3n) is 2.06. The van der Waals surface area contributed by atoms with Crippen molar-refractivity contribution in [1.29, 1.82) is 0 Å². The van der Waals surface area contributed by atoms with E-state index < -0.39 is 11.7 Å². The zero-order chi connectivity index (χ0) is 13.9. The van der Waals surface area contributed by atoms with E-state index >= 15 is 0 Å². The van der Waals surface area contributed by atoms with Gasteiger partial charge in [0.15, 0.2) is 0 Å². The minimum Gasteiger partial charge on any atom is -0.444 e. The molecule has 2 rings (SSSR count). The van der Waals surface area contributed by atoms with Crippen molar-refractivity contribution >= 4 is 23.2 Å². The Labute approximate surface area is 115 Å². The van der Waals surface area contributed by atoms with Crippen LogP contribution in [-0.4, -0.2) is 21.7 Å². The number of hydrogen-bond acceptors (Lipinski definition) is 5. The highest BCUT2D eigenvalue weighted by Gasteiger charge is 2.17. The molecule has 0 spiro atoms. The van der Waals surface area contributed by atoms with E-state index in [0.29, 0.717) is 5.82 Å². The number of pyridine rings is 1. The van der Waals surface area contributed by atoms with Crippen molar-refractivity contribution in [2.75, 3.05) is 5.32 Å². The van der Waals surface area contributed by atoms with Crippen molar-refractivity contribution < 1.29 is 9.53 Å². The van der Waals surface area contributed by atoms with Gasteiger partial charge in [0, 0.05) is 23.3 Å². The Morgan fingerprint density at radius 2 is 2.00 bits per heavy atom. The molecule has 0 atom stereocenters. The van der Waals surface area contributed by atoms with Crippen LogP contribution < -0.4 is 5.32 Å². The molecule has 1 N–H and O–H groups in total. The summed E-state index contributed by atoms with van der Waals surface area (Å²) in [5, 5.41) is 5.22. The van der Waals surface area contributed by atoms with E-state index in [0.717, 1.165) is 10.6 Å². The highest BCUT2D eigenvalue weighted by Crippen LogP contribution is 2.25. The van der Waals surface area contributed by atoms with E-state index in [2.05, 4.69) is 15.3 Å². The largest absolute Gasteiger partial charge is 0.444 e. The lowest BCUT2D eigenvalue weighted by Crippen LogP contribution is -2.27. The monoisotopic (exact) mass is 277 g/mol. The minimum absolute atomic E-state index is 0.492. The van der Waals surface area contributed by atoms with Crippen LogP contribution in [0.15, 0.2) is 29.9 Å². The fourth-order valence-electron chi connectivity index (χ4n) is 1.37. The van der Waals surface area contributed by atoms with Gasteiger partial charge in [-0.15, -0.1) is 11.3 Å². The van der Waals surface area contributed by atoms with E-state index in [1.807, 2.05) is 32.9 Å². The number of carbonyl (C=O) groups is 1. The predicted octanol–water partition coefficient (Wildman–Crippen LogP) is 3.55. The Morgan fingerprint density at radius 1 is 1.32 bits per heavy atom. The van der Waals surface area contributed by atoms with Crippen LogP contribution in [-0.2, 0) is 4.74 Å². The van der Waals surface area contributed by atoms with E-state index in [4.69, 9.17) is 4.74 Å². The molecule has 0 saturated heterocycles. The molecule has 0 saturated carbocycles. The van der Waals surface area contributed by atoms with E-state index in [1.165, 1.54) is 11.3 Å². The molecule has 0 bridgehead atoms. The summed E-state index contributed by atoms with van der Waals surface area (Å²) in [6.07, 6.45) is 2.91. The number of ether oxygens (including phenoxy) is 1. The summed E-state index contributed by atoms with van der Waals surface area (Å²) in [6.45, 7) is 5.45. The topological polar surface area (TPSA) is 64.1 Å². The third kappa shape index (κ3) is 4.03. The Hall–Kier alpha value is -1.95. The second kappa shape index (κ2) is 5.36. The van der Waals surface area contributed by atoms with Gasteiger partial charge in [-0.1, -0.05) is 0 Å². The van der Waals surface area contributed by atoms with Gasteiger partial charge in [0.05, 0.1) is 0 Å². The molecule has 2 aromatic rings. The third-order valence-corrected chi connectivity index (χ3v) is 2.95. The number of rotatable bonds is 2. The maximum Gasteiger partial charge on any atom is 0.413 e. The second-order valence-electron chi connectivity index (χ2n) is 4.90. The van der Waals surface area contributed by atoms with Crippen LogP contribution in [0.5, 0.6) is 0 Å². The lowest BCUT2D eigenvalue weighted by Gasteiger charge is -2.19. The zero-order valence-corrected chi connectivity index (χ0v) is 11.8. The average Bonchev–Trinajstić information content (AvgIpc) is 2.76. The van der Waals surface area contributed by atoms with E-state index in [-0.39, 0.29) is 0 Å². The minimum atomic E-state index is -0.520. The molecule has 0 aliphatic carbocycles. The van der Waals surface area contributed by atoms with Gasteiger partial charge in [0.2, 0.25) is 0 Å². The fourth-order valence-corrected chi connectivity index (χ4v) is 2.12. The summed E-state index contributed by atoms with van der Waals surface area (Å²) >= 11 is 1.45. The summed E-state index contributed by atoms with van der Waals surface area (Å²) in [7, 11) is 0. The lowest BCUT2D eigenvalue weighted by atomic mass is 10.2. The summed E-state index contributed by atoms with van der Waals surface area (Å²) < 4.78 is 5.16. The van der Waals surface area contributed by atoms with Crippen molar-refractivity contribution in [2.45, 2.75) is 26.4 Å². The molecule has 0 radical (unpaired) electrons. The zero-order valence-electron chi connectivity index (χ0n) is 11.0. The molecule has 0 aromatic carbocycles. The van der Waals surface area contributed by atoms with E-state index in [9.17, 15) is 4.79 Å². The van der Waals surface area contributed by atoms with Crippen LogP contribution in [0.2, 0.25) is 0 Å². The van der Waals surface area contributed by atoms with Crippen LogP contribution in [0, 0.1) is 0 Å². The maximum absolute atomic E-state index is 11.6. The van der Waals surface area contributed by atoms with Crippen LogP contribution in [0.1, 0.15) is 20.8 Å². The van der Waals surface area contributed by atoms with Gasteiger partial charge < -0.3 is 4.74 Å².